The highest BCUT2D eigenvalue weighted by Gasteiger charge is 2.19. The van der Waals surface area contributed by atoms with Gasteiger partial charge in [-0.3, -0.25) is 0 Å². The van der Waals surface area contributed by atoms with Gasteiger partial charge in [0.05, 0.1) is 12.6 Å². The van der Waals surface area contributed by atoms with Gasteiger partial charge in [0.2, 0.25) is 0 Å². The molecule has 0 aliphatic heterocycles. The zero-order chi connectivity index (χ0) is 15.6. The second-order valence-electron chi connectivity index (χ2n) is 5.62. The fourth-order valence-electron chi connectivity index (χ4n) is 2.89. The molecule has 0 aliphatic rings. The van der Waals surface area contributed by atoms with Gasteiger partial charge in [-0.25, -0.2) is 0 Å². The summed E-state index contributed by atoms with van der Waals surface area (Å²) in [5.74, 6) is 0.880. The van der Waals surface area contributed by atoms with Gasteiger partial charge >= 0.3 is 0 Å². The van der Waals surface area contributed by atoms with Crippen LogP contribution in [0, 0.1) is 27.7 Å². The van der Waals surface area contributed by atoms with Gasteiger partial charge in [0.15, 0.2) is 0 Å². The van der Waals surface area contributed by atoms with Crippen LogP contribution in [0.15, 0.2) is 30.3 Å². The average molecular weight is 283 g/mol. The number of para-hydroxylation sites is 1. The Morgan fingerprint density at radius 3 is 2.14 bits per heavy atom. The summed E-state index contributed by atoms with van der Waals surface area (Å²) in [6.07, 6.45) is 0. The molecule has 0 bridgehead atoms. The van der Waals surface area contributed by atoms with Crippen LogP contribution in [0.5, 0.6) is 5.75 Å². The molecule has 2 nitrogen and oxygen atoms in total. The molecule has 112 valence electrons. The average Bonchev–Trinajstić information content (AvgIpc) is 2.46. The van der Waals surface area contributed by atoms with E-state index in [0.29, 0.717) is 6.61 Å². The minimum Gasteiger partial charge on any atom is -0.494 e. The molecule has 2 N–H and O–H groups in total. The fourth-order valence-corrected chi connectivity index (χ4v) is 2.89. The molecule has 2 heteroatoms. The Morgan fingerprint density at radius 1 is 1.00 bits per heavy atom. The summed E-state index contributed by atoms with van der Waals surface area (Å²) in [5.41, 5.74) is 14.0. The molecule has 1 atom stereocenters. The van der Waals surface area contributed by atoms with E-state index in [1.54, 1.807) is 0 Å². The van der Waals surface area contributed by atoms with Crippen molar-refractivity contribution in [3.05, 3.63) is 63.7 Å². The predicted molar refractivity (Wildman–Crippen MR) is 89.0 cm³/mol. The predicted octanol–water partition coefficient (Wildman–Crippen LogP) is 4.37. The summed E-state index contributed by atoms with van der Waals surface area (Å²) in [7, 11) is 0. The Bertz CT molecular complexity index is 620. The van der Waals surface area contributed by atoms with Crippen molar-refractivity contribution in [3.8, 4) is 5.75 Å². The largest absolute Gasteiger partial charge is 0.494 e. The van der Waals surface area contributed by atoms with E-state index in [2.05, 4.69) is 39.8 Å². The summed E-state index contributed by atoms with van der Waals surface area (Å²) in [4.78, 5) is 0. The van der Waals surface area contributed by atoms with Crippen LogP contribution in [0.1, 0.15) is 46.3 Å². The Balaban J connectivity index is 2.58. The van der Waals surface area contributed by atoms with Crippen LogP contribution >= 0.6 is 0 Å². The number of benzene rings is 2. The first-order chi connectivity index (χ1) is 9.97. The fraction of sp³-hybridized carbons (Fsp3) is 0.368. The number of hydrogen-bond donors (Lipinski definition) is 1. The molecular weight excluding hydrogens is 258 g/mol. The van der Waals surface area contributed by atoms with Crippen LogP contribution in [0.4, 0.5) is 0 Å². The van der Waals surface area contributed by atoms with E-state index in [-0.39, 0.29) is 6.04 Å². The second kappa shape index (κ2) is 6.31. The van der Waals surface area contributed by atoms with Gasteiger partial charge < -0.3 is 10.5 Å². The quantitative estimate of drug-likeness (QED) is 0.904. The third-order valence-electron chi connectivity index (χ3n) is 4.29. The molecule has 2 aromatic rings. The molecule has 2 rings (SSSR count). The molecular formula is C19H25NO. The van der Waals surface area contributed by atoms with E-state index >= 15 is 0 Å². The van der Waals surface area contributed by atoms with Crippen LogP contribution in [0.2, 0.25) is 0 Å². The summed E-state index contributed by atoms with van der Waals surface area (Å²) in [6, 6.07) is 10.1. The van der Waals surface area contributed by atoms with Crippen molar-refractivity contribution >= 4 is 0 Å². The lowest BCUT2D eigenvalue weighted by Crippen LogP contribution is -2.17. The lowest BCUT2D eigenvalue weighted by atomic mass is 9.87. The molecule has 0 spiro atoms. The van der Waals surface area contributed by atoms with E-state index in [9.17, 15) is 0 Å². The number of rotatable bonds is 4. The first-order valence-electron chi connectivity index (χ1n) is 7.52. The summed E-state index contributed by atoms with van der Waals surface area (Å²) in [6.45, 7) is 11.2. The van der Waals surface area contributed by atoms with E-state index < -0.39 is 0 Å². The van der Waals surface area contributed by atoms with Gasteiger partial charge in [0, 0.05) is 5.56 Å². The van der Waals surface area contributed by atoms with Crippen molar-refractivity contribution in [2.24, 2.45) is 5.73 Å². The van der Waals surface area contributed by atoms with Crippen molar-refractivity contribution in [2.75, 3.05) is 6.61 Å². The first kappa shape index (κ1) is 15.6. The van der Waals surface area contributed by atoms with Gasteiger partial charge in [-0.15, -0.1) is 0 Å². The van der Waals surface area contributed by atoms with Gasteiger partial charge in [0.1, 0.15) is 5.75 Å². The Labute approximate surface area is 127 Å². The number of hydrogen-bond acceptors (Lipinski definition) is 2. The number of aryl methyl sites for hydroxylation is 2. The SMILES string of the molecule is CCOc1ccccc1C(N)c1c(C)c(C)cc(C)c1C. The molecule has 0 saturated heterocycles. The monoisotopic (exact) mass is 283 g/mol. The Kier molecular flexibility index (Phi) is 4.69. The second-order valence-corrected chi connectivity index (χ2v) is 5.62. The van der Waals surface area contributed by atoms with Crippen molar-refractivity contribution < 1.29 is 4.74 Å². The maximum atomic E-state index is 6.61. The van der Waals surface area contributed by atoms with Crippen molar-refractivity contribution in [1.29, 1.82) is 0 Å². The van der Waals surface area contributed by atoms with Crippen LogP contribution in [0.3, 0.4) is 0 Å². The highest BCUT2D eigenvalue weighted by molar-refractivity contribution is 5.51. The molecule has 21 heavy (non-hydrogen) atoms. The van der Waals surface area contributed by atoms with Gasteiger partial charge in [-0.05, 0) is 68.5 Å². The Morgan fingerprint density at radius 2 is 1.57 bits per heavy atom. The van der Waals surface area contributed by atoms with Crippen LogP contribution in [-0.4, -0.2) is 6.61 Å². The molecule has 0 radical (unpaired) electrons. The zero-order valence-electron chi connectivity index (χ0n) is 13.7. The summed E-state index contributed by atoms with van der Waals surface area (Å²) in [5, 5.41) is 0. The van der Waals surface area contributed by atoms with Crippen LogP contribution in [0.25, 0.3) is 0 Å². The maximum absolute atomic E-state index is 6.61. The summed E-state index contributed by atoms with van der Waals surface area (Å²) >= 11 is 0. The molecule has 0 heterocycles. The highest BCUT2D eigenvalue weighted by Crippen LogP contribution is 2.34. The third-order valence-corrected chi connectivity index (χ3v) is 4.29. The third kappa shape index (κ3) is 2.96. The van der Waals surface area contributed by atoms with Gasteiger partial charge in [-0.2, -0.15) is 0 Å². The van der Waals surface area contributed by atoms with Crippen LogP contribution in [-0.2, 0) is 0 Å². The summed E-state index contributed by atoms with van der Waals surface area (Å²) < 4.78 is 5.74. The lowest BCUT2D eigenvalue weighted by molar-refractivity contribution is 0.335. The topological polar surface area (TPSA) is 35.2 Å². The normalized spacial score (nSPS) is 12.3. The Hall–Kier alpha value is -1.80. The highest BCUT2D eigenvalue weighted by atomic mass is 16.5. The van der Waals surface area contributed by atoms with Gasteiger partial charge in [-0.1, -0.05) is 24.3 Å². The molecule has 2 aromatic carbocycles. The van der Waals surface area contributed by atoms with Gasteiger partial charge in [0.25, 0.3) is 0 Å². The molecule has 0 fully saturated rings. The molecule has 0 aromatic heterocycles. The molecule has 1 unspecified atom stereocenters. The smallest absolute Gasteiger partial charge is 0.124 e. The van der Waals surface area contributed by atoms with E-state index in [1.165, 1.54) is 27.8 Å². The molecule has 0 saturated carbocycles. The maximum Gasteiger partial charge on any atom is 0.124 e. The van der Waals surface area contributed by atoms with E-state index in [4.69, 9.17) is 10.5 Å². The minimum atomic E-state index is -0.161. The minimum absolute atomic E-state index is 0.161. The van der Waals surface area contributed by atoms with Crippen LogP contribution < -0.4 is 10.5 Å². The van der Waals surface area contributed by atoms with E-state index in [1.807, 2.05) is 25.1 Å². The van der Waals surface area contributed by atoms with Crippen molar-refractivity contribution in [3.63, 3.8) is 0 Å². The molecule has 0 amide bonds. The molecule has 0 aliphatic carbocycles. The van der Waals surface area contributed by atoms with E-state index in [0.717, 1.165) is 11.3 Å². The lowest BCUT2D eigenvalue weighted by Gasteiger charge is -2.23. The zero-order valence-corrected chi connectivity index (χ0v) is 13.7. The van der Waals surface area contributed by atoms with Crippen molar-refractivity contribution in [2.45, 2.75) is 40.7 Å². The standard InChI is InChI=1S/C19H25NO/c1-6-21-17-10-8-7-9-16(17)19(20)18-14(4)12(2)11-13(3)15(18)5/h7-11,19H,6,20H2,1-5H3. The van der Waals surface area contributed by atoms with Crippen molar-refractivity contribution in [1.82, 2.24) is 0 Å². The first-order valence-corrected chi connectivity index (χ1v) is 7.52. The number of ether oxygens (including phenoxy) is 1. The number of nitrogens with two attached hydrogens (primary N) is 1.